The molecule has 0 saturated heterocycles. The number of hydrogen-bond donors (Lipinski definition) is 1. The van der Waals surface area contributed by atoms with E-state index in [1.165, 1.54) is 0 Å². The van der Waals surface area contributed by atoms with E-state index in [-0.39, 0.29) is 11.9 Å². The summed E-state index contributed by atoms with van der Waals surface area (Å²) in [4.78, 5) is 12.2. The van der Waals surface area contributed by atoms with Crippen LogP contribution in [0.4, 0.5) is 0 Å². The fourth-order valence-electron chi connectivity index (χ4n) is 2.20. The van der Waals surface area contributed by atoms with Crippen LogP contribution in [-0.4, -0.2) is 5.91 Å². The van der Waals surface area contributed by atoms with E-state index >= 15 is 0 Å². The highest BCUT2D eigenvalue weighted by atomic mass is 79.9. The Labute approximate surface area is 131 Å². The first-order valence-corrected chi connectivity index (χ1v) is 7.48. The van der Waals surface area contributed by atoms with Crippen LogP contribution in [0.25, 0.3) is 11.0 Å². The molecule has 0 aliphatic carbocycles. The summed E-state index contributed by atoms with van der Waals surface area (Å²) in [6.07, 6.45) is 0. The number of amides is 1. The number of rotatable bonds is 3. The molecule has 0 spiro atoms. The molecule has 1 atom stereocenters. The maximum atomic E-state index is 12.2. The summed E-state index contributed by atoms with van der Waals surface area (Å²) in [5, 5.41) is 3.99. The van der Waals surface area contributed by atoms with E-state index in [0.717, 1.165) is 21.2 Å². The SMILES string of the molecule is CC(NC(=O)c1cccc(Br)c1)c1cc2ccccc2o1. The zero-order valence-electron chi connectivity index (χ0n) is 11.5. The molecule has 0 aliphatic heterocycles. The summed E-state index contributed by atoms with van der Waals surface area (Å²) < 4.78 is 6.65. The Balaban J connectivity index is 1.79. The highest BCUT2D eigenvalue weighted by Gasteiger charge is 2.15. The van der Waals surface area contributed by atoms with Crippen LogP contribution in [0, 0.1) is 0 Å². The lowest BCUT2D eigenvalue weighted by molar-refractivity contribution is 0.0935. The average molecular weight is 344 g/mol. The van der Waals surface area contributed by atoms with Crippen LogP contribution in [0.1, 0.15) is 29.1 Å². The van der Waals surface area contributed by atoms with E-state index in [1.54, 1.807) is 12.1 Å². The molecule has 0 aliphatic rings. The molecular weight excluding hydrogens is 330 g/mol. The van der Waals surface area contributed by atoms with E-state index in [2.05, 4.69) is 21.2 Å². The van der Waals surface area contributed by atoms with Gasteiger partial charge in [-0.15, -0.1) is 0 Å². The van der Waals surface area contributed by atoms with Crippen molar-refractivity contribution >= 4 is 32.8 Å². The standard InChI is InChI=1S/C17H14BrNO2/c1-11(16-10-12-5-2-3-8-15(12)21-16)19-17(20)13-6-4-7-14(18)9-13/h2-11H,1H3,(H,19,20). The second-order valence-corrected chi connectivity index (χ2v) is 5.81. The third kappa shape index (κ3) is 3.00. The molecule has 3 rings (SSSR count). The number of furan rings is 1. The summed E-state index contributed by atoms with van der Waals surface area (Å²) in [5.74, 6) is 0.629. The van der Waals surface area contributed by atoms with Gasteiger partial charge in [0.25, 0.3) is 5.91 Å². The lowest BCUT2D eigenvalue weighted by atomic mass is 10.1. The molecule has 0 saturated carbocycles. The van der Waals surface area contributed by atoms with Crippen LogP contribution in [0.5, 0.6) is 0 Å². The van der Waals surface area contributed by atoms with Crippen molar-refractivity contribution in [1.82, 2.24) is 5.32 Å². The number of benzene rings is 2. The van der Waals surface area contributed by atoms with Crippen molar-refractivity contribution in [2.75, 3.05) is 0 Å². The lowest BCUT2D eigenvalue weighted by Crippen LogP contribution is -2.26. The molecule has 3 aromatic rings. The molecule has 1 N–H and O–H groups in total. The van der Waals surface area contributed by atoms with Gasteiger partial charge in [-0.2, -0.15) is 0 Å². The molecule has 3 nitrogen and oxygen atoms in total. The van der Waals surface area contributed by atoms with Crippen molar-refractivity contribution in [3.05, 3.63) is 70.4 Å². The van der Waals surface area contributed by atoms with Gasteiger partial charge in [0.1, 0.15) is 11.3 Å². The number of carbonyl (C=O) groups excluding carboxylic acids is 1. The van der Waals surface area contributed by atoms with Gasteiger partial charge < -0.3 is 9.73 Å². The molecular formula is C17H14BrNO2. The van der Waals surface area contributed by atoms with E-state index in [9.17, 15) is 4.79 Å². The normalized spacial score (nSPS) is 12.3. The van der Waals surface area contributed by atoms with Gasteiger partial charge in [-0.05, 0) is 37.3 Å². The second-order valence-electron chi connectivity index (χ2n) is 4.89. The maximum Gasteiger partial charge on any atom is 0.251 e. The fraction of sp³-hybridized carbons (Fsp3) is 0.118. The first-order chi connectivity index (χ1) is 10.1. The Morgan fingerprint density at radius 3 is 2.71 bits per heavy atom. The summed E-state index contributed by atoms with van der Waals surface area (Å²) in [7, 11) is 0. The fourth-order valence-corrected chi connectivity index (χ4v) is 2.60. The zero-order valence-corrected chi connectivity index (χ0v) is 13.1. The average Bonchev–Trinajstić information content (AvgIpc) is 2.91. The van der Waals surface area contributed by atoms with Crippen LogP contribution in [0.15, 0.2) is 63.5 Å². The Bertz CT molecular complexity index is 761. The van der Waals surface area contributed by atoms with Gasteiger partial charge in [-0.3, -0.25) is 4.79 Å². The van der Waals surface area contributed by atoms with Gasteiger partial charge in [0, 0.05) is 15.4 Å². The second kappa shape index (κ2) is 5.74. The first-order valence-electron chi connectivity index (χ1n) is 6.68. The molecule has 1 heterocycles. The molecule has 0 radical (unpaired) electrons. The van der Waals surface area contributed by atoms with Gasteiger partial charge in [0.05, 0.1) is 6.04 Å². The Morgan fingerprint density at radius 1 is 1.14 bits per heavy atom. The summed E-state index contributed by atoms with van der Waals surface area (Å²) >= 11 is 3.37. The summed E-state index contributed by atoms with van der Waals surface area (Å²) in [6, 6.07) is 16.9. The Kier molecular flexibility index (Phi) is 3.80. The van der Waals surface area contributed by atoms with Crippen molar-refractivity contribution in [1.29, 1.82) is 0 Å². The molecule has 0 fully saturated rings. The van der Waals surface area contributed by atoms with Gasteiger partial charge in [-0.25, -0.2) is 0 Å². The number of carbonyl (C=O) groups is 1. The summed E-state index contributed by atoms with van der Waals surface area (Å²) in [6.45, 7) is 1.91. The van der Waals surface area contributed by atoms with E-state index in [1.807, 2.05) is 49.4 Å². The molecule has 1 amide bonds. The smallest absolute Gasteiger partial charge is 0.251 e. The van der Waals surface area contributed by atoms with Crippen molar-refractivity contribution in [3.8, 4) is 0 Å². The molecule has 1 unspecified atom stereocenters. The third-order valence-corrected chi connectivity index (χ3v) is 3.80. The van der Waals surface area contributed by atoms with Crippen LogP contribution in [0.2, 0.25) is 0 Å². The van der Waals surface area contributed by atoms with Crippen molar-refractivity contribution in [2.24, 2.45) is 0 Å². The molecule has 1 aromatic heterocycles. The van der Waals surface area contributed by atoms with Gasteiger partial charge >= 0.3 is 0 Å². The predicted molar refractivity (Wildman–Crippen MR) is 86.2 cm³/mol. The largest absolute Gasteiger partial charge is 0.459 e. The number of fused-ring (bicyclic) bond motifs is 1. The highest BCUT2D eigenvalue weighted by Crippen LogP contribution is 2.24. The maximum absolute atomic E-state index is 12.2. The van der Waals surface area contributed by atoms with Gasteiger partial charge in [0.15, 0.2) is 0 Å². The predicted octanol–water partition coefficient (Wildman–Crippen LogP) is 4.69. The highest BCUT2D eigenvalue weighted by molar-refractivity contribution is 9.10. The van der Waals surface area contributed by atoms with Crippen molar-refractivity contribution in [2.45, 2.75) is 13.0 Å². The van der Waals surface area contributed by atoms with Crippen LogP contribution < -0.4 is 5.32 Å². The Hall–Kier alpha value is -2.07. The van der Waals surface area contributed by atoms with Crippen molar-refractivity contribution < 1.29 is 9.21 Å². The minimum atomic E-state index is -0.191. The minimum Gasteiger partial charge on any atom is -0.459 e. The van der Waals surface area contributed by atoms with Crippen LogP contribution in [0.3, 0.4) is 0 Å². The third-order valence-electron chi connectivity index (χ3n) is 3.31. The number of nitrogens with one attached hydrogen (secondary N) is 1. The van der Waals surface area contributed by atoms with Gasteiger partial charge in [-0.1, -0.05) is 40.2 Å². The monoisotopic (exact) mass is 343 g/mol. The van der Waals surface area contributed by atoms with Gasteiger partial charge in [0.2, 0.25) is 0 Å². The topological polar surface area (TPSA) is 42.2 Å². The molecule has 106 valence electrons. The Morgan fingerprint density at radius 2 is 1.95 bits per heavy atom. The first kappa shape index (κ1) is 13.9. The zero-order chi connectivity index (χ0) is 14.8. The van der Waals surface area contributed by atoms with E-state index in [0.29, 0.717) is 5.56 Å². The number of halogens is 1. The minimum absolute atomic E-state index is 0.121. The quantitative estimate of drug-likeness (QED) is 0.749. The number of para-hydroxylation sites is 1. The van der Waals surface area contributed by atoms with E-state index < -0.39 is 0 Å². The lowest BCUT2D eigenvalue weighted by Gasteiger charge is -2.11. The molecule has 0 bridgehead atoms. The van der Waals surface area contributed by atoms with Crippen LogP contribution >= 0.6 is 15.9 Å². The van der Waals surface area contributed by atoms with Crippen LogP contribution in [-0.2, 0) is 0 Å². The summed E-state index contributed by atoms with van der Waals surface area (Å²) in [5.41, 5.74) is 1.45. The van der Waals surface area contributed by atoms with E-state index in [4.69, 9.17) is 4.42 Å². The molecule has 4 heteroatoms. The molecule has 2 aromatic carbocycles. The van der Waals surface area contributed by atoms with Crippen molar-refractivity contribution in [3.63, 3.8) is 0 Å². The number of hydrogen-bond acceptors (Lipinski definition) is 2. The molecule has 21 heavy (non-hydrogen) atoms.